The lowest BCUT2D eigenvalue weighted by Gasteiger charge is -2.31. The fourth-order valence-electron chi connectivity index (χ4n) is 4.57. The number of aliphatic carboxylic acids is 1. The van der Waals surface area contributed by atoms with Gasteiger partial charge in [-0.15, -0.1) is 5.10 Å². The maximum Gasteiger partial charge on any atom is 0.309 e. The molecule has 4 rings (SSSR count). The molecule has 0 spiro atoms. The van der Waals surface area contributed by atoms with E-state index in [0.29, 0.717) is 37.1 Å². The van der Waals surface area contributed by atoms with E-state index in [0.717, 1.165) is 41.0 Å². The summed E-state index contributed by atoms with van der Waals surface area (Å²) in [7, 11) is 1.64. The van der Waals surface area contributed by atoms with E-state index in [1.54, 1.807) is 21.0 Å². The van der Waals surface area contributed by atoms with Crippen LogP contribution in [0.4, 0.5) is 0 Å². The van der Waals surface area contributed by atoms with Crippen LogP contribution in [0.25, 0.3) is 0 Å². The lowest BCUT2D eigenvalue weighted by molar-refractivity contribution is -0.148. The van der Waals surface area contributed by atoms with Crippen molar-refractivity contribution in [3.63, 3.8) is 0 Å². The number of halogens is 1. The molecule has 1 aliphatic rings. The number of carbonyl (C=O) groups is 1. The van der Waals surface area contributed by atoms with Gasteiger partial charge in [-0.1, -0.05) is 41.1 Å². The summed E-state index contributed by atoms with van der Waals surface area (Å²) in [5, 5.41) is 19.3. The molecule has 0 aliphatic heterocycles. The Hall–Kier alpha value is -2.90. The Balaban J connectivity index is 1.47. The molecule has 7 nitrogen and oxygen atoms in total. The third-order valence-corrected chi connectivity index (χ3v) is 7.64. The number of carboxylic acids is 1. The minimum absolute atomic E-state index is 0.235. The van der Waals surface area contributed by atoms with Crippen LogP contribution in [0.5, 0.6) is 5.75 Å². The van der Waals surface area contributed by atoms with E-state index in [2.05, 4.69) is 10.3 Å². The van der Waals surface area contributed by atoms with Crippen molar-refractivity contribution in [1.29, 1.82) is 0 Å². The zero-order valence-electron chi connectivity index (χ0n) is 21.1. The Morgan fingerprint density at radius 2 is 1.94 bits per heavy atom. The number of nitrogens with zero attached hydrogens (tertiary/aromatic N) is 3. The van der Waals surface area contributed by atoms with Crippen molar-refractivity contribution >= 4 is 17.6 Å². The average molecular weight is 512 g/mol. The molecule has 1 unspecified atom stereocenters. The van der Waals surface area contributed by atoms with Gasteiger partial charge in [-0.3, -0.25) is 4.79 Å². The molecule has 36 heavy (non-hydrogen) atoms. The van der Waals surface area contributed by atoms with Crippen LogP contribution in [-0.2, 0) is 29.2 Å². The Kier molecular flexibility index (Phi) is 8.32. The zero-order valence-corrected chi connectivity index (χ0v) is 21.9. The molecule has 1 atom stereocenters. The van der Waals surface area contributed by atoms with Gasteiger partial charge >= 0.3 is 5.97 Å². The van der Waals surface area contributed by atoms with Gasteiger partial charge in [0, 0.05) is 11.2 Å². The Bertz CT molecular complexity index is 1170. The van der Waals surface area contributed by atoms with Crippen molar-refractivity contribution < 1.29 is 19.4 Å². The Morgan fingerprint density at radius 1 is 1.19 bits per heavy atom. The monoisotopic (exact) mass is 511 g/mol. The maximum absolute atomic E-state index is 12.2. The van der Waals surface area contributed by atoms with E-state index in [4.69, 9.17) is 21.1 Å². The molecule has 2 aromatic carbocycles. The van der Waals surface area contributed by atoms with E-state index in [1.807, 2.05) is 53.3 Å². The Morgan fingerprint density at radius 3 is 2.58 bits per heavy atom. The highest BCUT2D eigenvalue weighted by Gasteiger charge is 2.38. The van der Waals surface area contributed by atoms with Gasteiger partial charge < -0.3 is 14.6 Å². The number of hydrogen-bond donors (Lipinski definition) is 1. The number of aromatic nitrogens is 3. The molecule has 192 valence electrons. The van der Waals surface area contributed by atoms with E-state index in [9.17, 15) is 9.90 Å². The summed E-state index contributed by atoms with van der Waals surface area (Å²) in [4.78, 5) is 12.2. The maximum atomic E-state index is 12.2. The van der Waals surface area contributed by atoms with Gasteiger partial charge in [-0.2, -0.15) is 0 Å². The molecule has 1 heterocycles. The van der Waals surface area contributed by atoms with Gasteiger partial charge in [0.1, 0.15) is 5.75 Å². The summed E-state index contributed by atoms with van der Waals surface area (Å²) in [5.74, 6) is -0.272. The number of methoxy groups -OCH3 is 1. The van der Waals surface area contributed by atoms with Gasteiger partial charge in [0.15, 0.2) is 0 Å². The molecule has 0 saturated heterocycles. The van der Waals surface area contributed by atoms with E-state index in [-0.39, 0.29) is 5.92 Å². The quantitative estimate of drug-likeness (QED) is 0.311. The summed E-state index contributed by atoms with van der Waals surface area (Å²) < 4.78 is 13.1. The van der Waals surface area contributed by atoms with Gasteiger partial charge in [-0.05, 0) is 86.8 Å². The van der Waals surface area contributed by atoms with Gasteiger partial charge in [-0.25, -0.2) is 4.68 Å². The minimum Gasteiger partial charge on any atom is -0.497 e. The highest BCUT2D eigenvalue weighted by atomic mass is 35.5. The van der Waals surface area contributed by atoms with Crippen LogP contribution in [0.15, 0.2) is 48.7 Å². The number of hydrogen-bond acceptors (Lipinski definition) is 5. The third kappa shape index (κ3) is 6.08. The van der Waals surface area contributed by atoms with E-state index < -0.39 is 11.4 Å². The van der Waals surface area contributed by atoms with Crippen LogP contribution >= 0.6 is 11.6 Å². The summed E-state index contributed by atoms with van der Waals surface area (Å²) >= 11 is 6.49. The largest absolute Gasteiger partial charge is 0.497 e. The van der Waals surface area contributed by atoms with Crippen LogP contribution in [-0.4, -0.2) is 33.2 Å². The SMILES string of the molecule is COc1ccc(COCc2cc(C(CCc3cn(C4CCC4)nn3)C(C)(C)C(=O)O)ccc2Cl)cc1. The van der Waals surface area contributed by atoms with Gasteiger partial charge in [0.25, 0.3) is 0 Å². The number of aryl methyl sites for hydroxylation is 1. The smallest absolute Gasteiger partial charge is 0.309 e. The minimum atomic E-state index is -0.973. The second kappa shape index (κ2) is 11.4. The summed E-state index contributed by atoms with van der Waals surface area (Å²) in [6.45, 7) is 4.32. The first-order valence-electron chi connectivity index (χ1n) is 12.4. The summed E-state index contributed by atoms with van der Waals surface area (Å²) in [6, 6.07) is 13.9. The second-order valence-corrected chi connectivity index (χ2v) is 10.5. The fraction of sp³-hybridized carbons (Fsp3) is 0.464. The Labute approximate surface area is 217 Å². The highest BCUT2D eigenvalue weighted by Crippen LogP contribution is 2.40. The van der Waals surface area contributed by atoms with Crippen LogP contribution in [0.3, 0.4) is 0 Å². The summed E-state index contributed by atoms with van der Waals surface area (Å²) in [6.07, 6.45) is 6.82. The first-order chi connectivity index (χ1) is 17.3. The fourth-order valence-corrected chi connectivity index (χ4v) is 4.74. The molecule has 0 radical (unpaired) electrons. The van der Waals surface area contributed by atoms with Crippen LogP contribution in [0, 0.1) is 5.41 Å². The average Bonchev–Trinajstić information content (AvgIpc) is 3.28. The zero-order chi connectivity index (χ0) is 25.7. The lowest BCUT2D eigenvalue weighted by atomic mass is 9.72. The molecule has 3 aromatic rings. The van der Waals surface area contributed by atoms with Crippen molar-refractivity contribution in [2.45, 2.75) is 71.1 Å². The second-order valence-electron chi connectivity index (χ2n) is 10.1. The molecule has 1 N–H and O–H groups in total. The van der Waals surface area contributed by atoms with Crippen molar-refractivity contribution in [3.8, 4) is 5.75 Å². The topological polar surface area (TPSA) is 86.5 Å². The first kappa shape index (κ1) is 26.2. The molecule has 1 saturated carbocycles. The molecule has 1 aliphatic carbocycles. The normalized spacial score (nSPS) is 14.9. The molecule has 1 fully saturated rings. The number of benzene rings is 2. The van der Waals surface area contributed by atoms with Crippen LogP contribution < -0.4 is 4.74 Å². The van der Waals surface area contributed by atoms with Crippen LogP contribution in [0.2, 0.25) is 5.02 Å². The number of carboxylic acid groups (broad SMARTS) is 1. The summed E-state index contributed by atoms with van der Waals surface area (Å²) in [5.41, 5.74) is 2.72. The number of rotatable bonds is 12. The van der Waals surface area contributed by atoms with Crippen molar-refractivity contribution in [2.24, 2.45) is 5.41 Å². The third-order valence-electron chi connectivity index (χ3n) is 7.28. The van der Waals surface area contributed by atoms with Crippen molar-refractivity contribution in [3.05, 3.63) is 76.1 Å². The molecule has 8 heteroatoms. The van der Waals surface area contributed by atoms with Crippen LogP contribution in [0.1, 0.15) is 73.9 Å². The van der Waals surface area contributed by atoms with Crippen molar-refractivity contribution in [1.82, 2.24) is 15.0 Å². The first-order valence-corrected chi connectivity index (χ1v) is 12.8. The molecule has 0 amide bonds. The standard InChI is InChI=1S/C28H34ClN3O4/c1-28(2,27(33)34)25(13-10-22-16-32(31-30-22)23-5-4-6-23)20-9-14-26(29)21(15-20)18-36-17-19-7-11-24(35-3)12-8-19/h7-9,11-12,14-16,23,25H,4-6,10,13,17-18H2,1-3H3,(H,33,34). The number of ether oxygens (including phenoxy) is 2. The molecular weight excluding hydrogens is 478 g/mol. The predicted octanol–water partition coefficient (Wildman–Crippen LogP) is 6.21. The lowest BCUT2D eigenvalue weighted by Crippen LogP contribution is -2.32. The van der Waals surface area contributed by atoms with Gasteiger partial charge in [0.2, 0.25) is 0 Å². The van der Waals surface area contributed by atoms with Gasteiger partial charge in [0.05, 0.1) is 37.5 Å². The predicted molar refractivity (Wildman–Crippen MR) is 138 cm³/mol. The molecule has 0 bridgehead atoms. The van der Waals surface area contributed by atoms with Crippen molar-refractivity contribution in [2.75, 3.05) is 7.11 Å². The van der Waals surface area contributed by atoms with E-state index >= 15 is 0 Å². The molecule has 1 aromatic heterocycles. The highest BCUT2D eigenvalue weighted by molar-refractivity contribution is 6.31. The molecular formula is C28H34ClN3O4. The van der Waals surface area contributed by atoms with E-state index in [1.165, 1.54) is 6.42 Å².